The molecule has 1 aliphatic heterocycles. The van der Waals surface area contributed by atoms with Crippen LogP contribution in [0.15, 0.2) is 48.5 Å². The maximum atomic E-state index is 12.9. The zero-order chi connectivity index (χ0) is 24.9. The van der Waals surface area contributed by atoms with E-state index in [0.29, 0.717) is 49.3 Å². The third-order valence-corrected chi connectivity index (χ3v) is 5.35. The second-order valence-electron chi connectivity index (χ2n) is 9.43. The zero-order valence-electron chi connectivity index (χ0n) is 19.5. The Labute approximate surface area is 197 Å². The Bertz CT molecular complexity index is 1010. The number of halogens is 3. The summed E-state index contributed by atoms with van der Waals surface area (Å²) in [6, 6.07) is 12.0. The number of ether oxygens (including phenoxy) is 1. The fourth-order valence-electron chi connectivity index (χ4n) is 3.77. The van der Waals surface area contributed by atoms with Crippen molar-refractivity contribution >= 4 is 17.7 Å². The zero-order valence-corrected chi connectivity index (χ0v) is 19.5. The van der Waals surface area contributed by atoms with Gasteiger partial charge in [-0.25, -0.2) is 4.79 Å². The maximum Gasteiger partial charge on any atom is 0.416 e. The quantitative estimate of drug-likeness (QED) is 0.601. The second-order valence-corrected chi connectivity index (χ2v) is 9.43. The van der Waals surface area contributed by atoms with Gasteiger partial charge in [-0.15, -0.1) is 0 Å². The lowest BCUT2D eigenvalue weighted by atomic mass is 10.0. The van der Waals surface area contributed by atoms with Crippen molar-refractivity contribution in [2.75, 3.05) is 18.4 Å². The predicted molar refractivity (Wildman–Crippen MR) is 124 cm³/mol. The molecule has 1 saturated heterocycles. The molecule has 34 heavy (non-hydrogen) atoms. The Hall–Kier alpha value is -3.07. The molecule has 0 saturated carbocycles. The van der Waals surface area contributed by atoms with Crippen molar-refractivity contribution in [1.82, 2.24) is 10.2 Å². The lowest BCUT2D eigenvalue weighted by Crippen LogP contribution is -2.44. The molecule has 184 valence electrons. The smallest absolute Gasteiger partial charge is 0.416 e. The number of anilines is 1. The molecule has 0 aromatic heterocycles. The Morgan fingerprint density at radius 1 is 1.03 bits per heavy atom. The monoisotopic (exact) mass is 477 g/mol. The minimum absolute atomic E-state index is 0.0345. The second kappa shape index (κ2) is 10.5. The summed E-state index contributed by atoms with van der Waals surface area (Å²) in [5, 5.41) is 5.63. The Balaban J connectivity index is 1.50. The van der Waals surface area contributed by atoms with Gasteiger partial charge in [-0.1, -0.05) is 24.3 Å². The number of likely N-dealkylation sites (tertiary alicyclic amines) is 1. The number of alkyl halides is 3. The van der Waals surface area contributed by atoms with Crippen LogP contribution in [0.25, 0.3) is 0 Å². The fourth-order valence-corrected chi connectivity index (χ4v) is 3.77. The number of benzene rings is 2. The molecule has 0 atom stereocenters. The van der Waals surface area contributed by atoms with Crippen LogP contribution in [0.2, 0.25) is 0 Å². The summed E-state index contributed by atoms with van der Waals surface area (Å²) >= 11 is 0. The van der Waals surface area contributed by atoms with E-state index in [1.165, 1.54) is 12.1 Å². The molecule has 2 N–H and O–H groups in total. The number of carbonyl (C=O) groups excluding carboxylic acids is 2. The lowest BCUT2D eigenvalue weighted by Gasteiger charge is -2.32. The standard InChI is InChI=1S/C25H30F3N3O3/c1-24(2,3)34-23(33)30-21-9-5-7-18(15-21)22(32)29-20-10-12-31(13-11-20)16-17-6-4-8-19(14-17)25(26,27)28/h4-9,14-15,20H,10-13,16H2,1-3H3,(H,29,32)(H,30,33). The molecule has 1 aliphatic rings. The van der Waals surface area contributed by atoms with Gasteiger partial charge in [0.25, 0.3) is 5.91 Å². The molecule has 0 unspecified atom stereocenters. The van der Waals surface area contributed by atoms with Gasteiger partial charge in [0.05, 0.1) is 5.56 Å². The molecule has 1 heterocycles. The van der Waals surface area contributed by atoms with Gasteiger partial charge in [0, 0.05) is 36.9 Å². The van der Waals surface area contributed by atoms with Crippen molar-refractivity contribution < 1.29 is 27.5 Å². The van der Waals surface area contributed by atoms with Gasteiger partial charge >= 0.3 is 12.3 Å². The average Bonchev–Trinajstić information content (AvgIpc) is 2.73. The third-order valence-electron chi connectivity index (χ3n) is 5.35. The van der Waals surface area contributed by atoms with Crippen LogP contribution < -0.4 is 10.6 Å². The van der Waals surface area contributed by atoms with Crippen LogP contribution in [-0.2, 0) is 17.5 Å². The number of hydrogen-bond acceptors (Lipinski definition) is 4. The van der Waals surface area contributed by atoms with E-state index in [9.17, 15) is 22.8 Å². The van der Waals surface area contributed by atoms with Crippen molar-refractivity contribution in [2.45, 2.75) is 58.0 Å². The molecule has 0 aliphatic carbocycles. The molecule has 1 fully saturated rings. The molecule has 0 bridgehead atoms. The summed E-state index contributed by atoms with van der Waals surface area (Å²) in [7, 11) is 0. The highest BCUT2D eigenvalue weighted by atomic mass is 19.4. The number of hydrogen-bond donors (Lipinski definition) is 2. The van der Waals surface area contributed by atoms with Crippen LogP contribution in [0.5, 0.6) is 0 Å². The number of rotatable bonds is 5. The number of nitrogens with one attached hydrogen (secondary N) is 2. The molecule has 6 nitrogen and oxygen atoms in total. The number of amides is 2. The Morgan fingerprint density at radius 2 is 1.71 bits per heavy atom. The number of piperidine rings is 1. The first-order valence-corrected chi connectivity index (χ1v) is 11.2. The van der Waals surface area contributed by atoms with Crippen LogP contribution in [0.1, 0.15) is 55.1 Å². The Morgan fingerprint density at radius 3 is 2.35 bits per heavy atom. The SMILES string of the molecule is CC(C)(C)OC(=O)Nc1cccc(C(=O)NC2CCN(Cc3cccc(C(F)(F)F)c3)CC2)c1. The molecule has 2 amide bonds. The van der Waals surface area contributed by atoms with Crippen LogP contribution in [0.4, 0.5) is 23.7 Å². The van der Waals surface area contributed by atoms with Gasteiger partial charge in [0.1, 0.15) is 5.60 Å². The first-order chi connectivity index (χ1) is 15.9. The lowest BCUT2D eigenvalue weighted by molar-refractivity contribution is -0.137. The van der Waals surface area contributed by atoms with E-state index in [0.717, 1.165) is 6.07 Å². The molecule has 0 spiro atoms. The van der Waals surface area contributed by atoms with Crippen LogP contribution in [0, 0.1) is 0 Å². The number of carbonyl (C=O) groups is 2. The molecule has 0 radical (unpaired) electrons. The summed E-state index contributed by atoms with van der Waals surface area (Å²) in [5.41, 5.74) is 0.217. The highest BCUT2D eigenvalue weighted by Gasteiger charge is 2.30. The maximum absolute atomic E-state index is 12.9. The predicted octanol–water partition coefficient (Wildman–Crippen LogP) is 5.45. The average molecular weight is 478 g/mol. The van der Waals surface area contributed by atoms with E-state index in [-0.39, 0.29) is 11.9 Å². The van der Waals surface area contributed by atoms with Gasteiger partial charge in [-0.3, -0.25) is 15.0 Å². The van der Waals surface area contributed by atoms with E-state index in [1.807, 2.05) is 0 Å². The molecule has 2 aromatic rings. The van der Waals surface area contributed by atoms with Crippen LogP contribution in [-0.4, -0.2) is 41.6 Å². The van der Waals surface area contributed by atoms with Crippen molar-refractivity contribution in [3.63, 3.8) is 0 Å². The first-order valence-electron chi connectivity index (χ1n) is 11.2. The normalized spacial score (nSPS) is 15.6. The minimum atomic E-state index is -4.35. The summed E-state index contributed by atoms with van der Waals surface area (Å²) < 4.78 is 44.0. The van der Waals surface area contributed by atoms with Crippen molar-refractivity contribution in [3.05, 3.63) is 65.2 Å². The van der Waals surface area contributed by atoms with Gasteiger partial charge in [-0.2, -0.15) is 13.2 Å². The molecule has 2 aromatic carbocycles. The number of nitrogens with zero attached hydrogens (tertiary/aromatic N) is 1. The molecular weight excluding hydrogens is 447 g/mol. The summed E-state index contributed by atoms with van der Waals surface area (Å²) in [6.07, 6.45) is -3.56. The van der Waals surface area contributed by atoms with E-state index in [4.69, 9.17) is 4.74 Å². The molecule has 9 heteroatoms. The summed E-state index contributed by atoms with van der Waals surface area (Å²) in [5.74, 6) is -0.246. The van der Waals surface area contributed by atoms with E-state index < -0.39 is 23.4 Å². The van der Waals surface area contributed by atoms with Crippen LogP contribution >= 0.6 is 0 Å². The topological polar surface area (TPSA) is 70.7 Å². The van der Waals surface area contributed by atoms with Gasteiger partial charge in [0.2, 0.25) is 0 Å². The van der Waals surface area contributed by atoms with Crippen molar-refractivity contribution in [2.24, 2.45) is 0 Å². The van der Waals surface area contributed by atoms with Crippen LogP contribution in [0.3, 0.4) is 0 Å². The van der Waals surface area contributed by atoms with E-state index in [1.54, 1.807) is 51.1 Å². The van der Waals surface area contributed by atoms with Crippen molar-refractivity contribution in [3.8, 4) is 0 Å². The van der Waals surface area contributed by atoms with Crippen molar-refractivity contribution in [1.29, 1.82) is 0 Å². The largest absolute Gasteiger partial charge is 0.444 e. The van der Waals surface area contributed by atoms with E-state index >= 15 is 0 Å². The fraction of sp³-hybridized carbons (Fsp3) is 0.440. The first kappa shape index (κ1) is 25.6. The van der Waals surface area contributed by atoms with Gasteiger partial charge < -0.3 is 10.1 Å². The summed E-state index contributed by atoms with van der Waals surface area (Å²) in [4.78, 5) is 26.8. The van der Waals surface area contributed by atoms with E-state index in [2.05, 4.69) is 15.5 Å². The molecule has 3 rings (SSSR count). The Kier molecular flexibility index (Phi) is 7.86. The third kappa shape index (κ3) is 7.76. The summed E-state index contributed by atoms with van der Waals surface area (Å²) in [6.45, 7) is 7.07. The molecular formula is C25H30F3N3O3. The van der Waals surface area contributed by atoms with Gasteiger partial charge in [0.15, 0.2) is 0 Å². The highest BCUT2D eigenvalue weighted by Crippen LogP contribution is 2.30. The minimum Gasteiger partial charge on any atom is -0.444 e. The highest BCUT2D eigenvalue weighted by molar-refractivity contribution is 5.96. The van der Waals surface area contributed by atoms with Gasteiger partial charge in [-0.05, 0) is 63.4 Å².